The molecular weight excluding hydrogens is 576 g/mol. The summed E-state index contributed by atoms with van der Waals surface area (Å²) in [5.41, 5.74) is 4.41. The van der Waals surface area contributed by atoms with E-state index in [0.717, 1.165) is 22.3 Å². The van der Waals surface area contributed by atoms with Crippen molar-refractivity contribution < 1.29 is 33.4 Å². The fourth-order valence-corrected chi connectivity index (χ4v) is 4.95. The molecule has 0 saturated carbocycles. The van der Waals surface area contributed by atoms with Gasteiger partial charge in [0.25, 0.3) is 0 Å². The Morgan fingerprint density at radius 3 is 2.16 bits per heavy atom. The maximum atomic E-state index is 13.2. The van der Waals surface area contributed by atoms with Crippen molar-refractivity contribution in [3.8, 4) is 11.1 Å². The average Bonchev–Trinajstić information content (AvgIpc) is 3.32. The van der Waals surface area contributed by atoms with E-state index in [4.69, 9.17) is 14.2 Å². The summed E-state index contributed by atoms with van der Waals surface area (Å²) in [5.74, 6) is -0.699. The summed E-state index contributed by atoms with van der Waals surface area (Å²) >= 11 is 0. The summed E-state index contributed by atoms with van der Waals surface area (Å²) in [5, 5.41) is 5.23. The van der Waals surface area contributed by atoms with Crippen LogP contribution in [0.25, 0.3) is 11.1 Å². The van der Waals surface area contributed by atoms with E-state index in [2.05, 4.69) is 27.8 Å². The van der Waals surface area contributed by atoms with Crippen LogP contribution in [0, 0.1) is 0 Å². The van der Waals surface area contributed by atoms with Crippen molar-refractivity contribution in [1.82, 2.24) is 15.2 Å². The van der Waals surface area contributed by atoms with Crippen molar-refractivity contribution >= 4 is 29.9 Å². The van der Waals surface area contributed by atoms with Gasteiger partial charge in [-0.3, -0.25) is 14.9 Å². The molecule has 0 aliphatic heterocycles. The minimum absolute atomic E-state index is 0.0499. The molecule has 1 aliphatic carbocycles. The van der Waals surface area contributed by atoms with E-state index in [0.29, 0.717) is 12.0 Å². The van der Waals surface area contributed by atoms with Gasteiger partial charge in [0.15, 0.2) is 0 Å². The molecule has 1 aliphatic rings. The summed E-state index contributed by atoms with van der Waals surface area (Å²) in [4.78, 5) is 55.7. The van der Waals surface area contributed by atoms with Crippen LogP contribution >= 0.6 is 0 Å². The summed E-state index contributed by atoms with van der Waals surface area (Å²) in [6, 6.07) is 19.4. The molecule has 2 aromatic carbocycles. The second-order valence-corrected chi connectivity index (χ2v) is 11.6. The number of fused-ring (bicyclic) bond motifs is 3. The molecule has 0 fully saturated rings. The zero-order valence-electron chi connectivity index (χ0n) is 26.1. The number of carbonyl (C=O) groups excluding carboxylic acids is 4. The number of amides is 3. The molecule has 0 spiro atoms. The Morgan fingerprint density at radius 1 is 0.889 bits per heavy atom. The summed E-state index contributed by atoms with van der Waals surface area (Å²) in [7, 11) is 0. The first kappa shape index (κ1) is 33.0. The lowest BCUT2D eigenvalue weighted by Gasteiger charge is -2.22. The molecule has 3 aromatic rings. The summed E-state index contributed by atoms with van der Waals surface area (Å²) < 4.78 is 16.0. The van der Waals surface area contributed by atoms with Gasteiger partial charge in [-0.1, -0.05) is 61.5 Å². The maximum Gasteiger partial charge on any atom is 0.413 e. The van der Waals surface area contributed by atoms with Crippen molar-refractivity contribution in [3.63, 3.8) is 0 Å². The highest BCUT2D eigenvalue weighted by Crippen LogP contribution is 2.44. The molecular formula is C34H40N4O7. The van der Waals surface area contributed by atoms with Gasteiger partial charge in [0.2, 0.25) is 5.91 Å². The van der Waals surface area contributed by atoms with Crippen molar-refractivity contribution in [3.05, 3.63) is 83.6 Å². The third kappa shape index (κ3) is 9.53. The molecule has 11 heteroatoms. The molecule has 45 heavy (non-hydrogen) atoms. The average molecular weight is 617 g/mol. The molecule has 0 saturated heterocycles. The van der Waals surface area contributed by atoms with Crippen molar-refractivity contribution in [2.24, 2.45) is 0 Å². The summed E-state index contributed by atoms with van der Waals surface area (Å²) in [6.45, 7) is 7.42. The van der Waals surface area contributed by atoms with E-state index in [1.165, 1.54) is 11.1 Å². The lowest BCUT2D eigenvalue weighted by atomic mass is 9.98. The molecule has 2 N–H and O–H groups in total. The molecule has 3 amide bonds. The van der Waals surface area contributed by atoms with Crippen LogP contribution in [0.5, 0.6) is 0 Å². The van der Waals surface area contributed by atoms with E-state index in [9.17, 15) is 19.2 Å². The number of nitrogens with zero attached hydrogens (tertiary/aromatic N) is 2. The van der Waals surface area contributed by atoms with Crippen LogP contribution in [0.1, 0.15) is 56.7 Å². The lowest BCUT2D eigenvalue weighted by molar-refractivity contribution is -0.149. The molecule has 4 rings (SSSR count). The quantitative estimate of drug-likeness (QED) is 0.207. The molecule has 0 bridgehead atoms. The van der Waals surface area contributed by atoms with Gasteiger partial charge in [-0.2, -0.15) is 0 Å². The van der Waals surface area contributed by atoms with Crippen LogP contribution in [-0.2, 0) is 30.2 Å². The second-order valence-electron chi connectivity index (χ2n) is 11.6. The highest BCUT2D eigenvalue weighted by molar-refractivity contribution is 5.85. The van der Waals surface area contributed by atoms with E-state index in [-0.39, 0.29) is 56.9 Å². The van der Waals surface area contributed by atoms with E-state index >= 15 is 0 Å². The first-order chi connectivity index (χ1) is 21.5. The number of esters is 1. The number of ether oxygens (including phenoxy) is 3. The van der Waals surface area contributed by atoms with E-state index in [1.54, 1.807) is 32.9 Å². The molecule has 238 valence electrons. The monoisotopic (exact) mass is 616 g/mol. The van der Waals surface area contributed by atoms with Gasteiger partial charge in [0.1, 0.15) is 24.6 Å². The van der Waals surface area contributed by atoms with Crippen LogP contribution in [0.15, 0.2) is 66.9 Å². The Bertz CT molecular complexity index is 1460. The molecule has 1 aromatic heterocycles. The van der Waals surface area contributed by atoms with Gasteiger partial charge in [-0.25, -0.2) is 14.6 Å². The molecule has 0 radical (unpaired) electrons. The highest BCUT2D eigenvalue weighted by Gasteiger charge is 2.29. The normalized spacial score (nSPS) is 12.0. The zero-order chi connectivity index (χ0) is 32.4. The minimum Gasteiger partial charge on any atom is -0.464 e. The van der Waals surface area contributed by atoms with Gasteiger partial charge in [0, 0.05) is 25.2 Å². The Hall–Kier alpha value is -4.93. The number of hydrogen-bond acceptors (Lipinski definition) is 8. The number of hydrogen-bond donors (Lipinski definition) is 2. The van der Waals surface area contributed by atoms with E-state index < -0.39 is 23.8 Å². The molecule has 11 nitrogen and oxygen atoms in total. The fourth-order valence-electron chi connectivity index (χ4n) is 4.95. The lowest BCUT2D eigenvalue weighted by Crippen LogP contribution is -2.42. The van der Waals surface area contributed by atoms with Crippen molar-refractivity contribution in [2.75, 3.05) is 38.2 Å². The Kier molecular flexibility index (Phi) is 11.1. The topological polar surface area (TPSA) is 136 Å². The number of aromatic nitrogens is 1. The van der Waals surface area contributed by atoms with Crippen LogP contribution in [0.2, 0.25) is 0 Å². The van der Waals surface area contributed by atoms with Gasteiger partial charge >= 0.3 is 18.2 Å². The molecule has 0 unspecified atom stereocenters. The maximum absolute atomic E-state index is 13.2. The van der Waals surface area contributed by atoms with Gasteiger partial charge < -0.3 is 24.4 Å². The van der Waals surface area contributed by atoms with Crippen LogP contribution in [0.3, 0.4) is 0 Å². The standard InChI is InChI=1S/C34H40N4O7/c1-5-18-43-31(40)21-38(30(39)19-23-14-15-29(36-20-23)37-33(42)45-34(2,3)4)17-16-35-32(41)44-22-28-26-12-8-6-10-24(26)25-11-7-9-13-27(25)28/h6-15,20,28H,5,16-19,21-22H2,1-4H3,(H,35,41)(H,36,37,42). The van der Waals surface area contributed by atoms with Crippen molar-refractivity contribution in [1.29, 1.82) is 0 Å². The fraction of sp³-hybridized carbons (Fsp3) is 0.382. The first-order valence-corrected chi connectivity index (χ1v) is 15.0. The summed E-state index contributed by atoms with van der Waals surface area (Å²) in [6.07, 6.45) is 0.812. The molecule has 0 atom stereocenters. The second kappa shape index (κ2) is 15.2. The Morgan fingerprint density at radius 2 is 1.56 bits per heavy atom. The van der Waals surface area contributed by atoms with Crippen LogP contribution in [-0.4, -0.2) is 72.4 Å². The largest absolute Gasteiger partial charge is 0.464 e. The predicted octanol–water partition coefficient (Wildman–Crippen LogP) is 5.29. The first-order valence-electron chi connectivity index (χ1n) is 15.0. The number of alkyl carbamates (subject to hydrolysis) is 1. The molecule has 1 heterocycles. The number of rotatable bonds is 12. The minimum atomic E-state index is -0.655. The van der Waals surface area contributed by atoms with Crippen LogP contribution in [0.4, 0.5) is 15.4 Å². The third-order valence-electron chi connectivity index (χ3n) is 6.94. The van der Waals surface area contributed by atoms with Crippen LogP contribution < -0.4 is 10.6 Å². The highest BCUT2D eigenvalue weighted by atomic mass is 16.6. The van der Waals surface area contributed by atoms with Gasteiger partial charge in [0.05, 0.1) is 13.0 Å². The SMILES string of the molecule is CCCOC(=O)CN(CCNC(=O)OCC1c2ccccc2-c2ccccc21)C(=O)Cc1ccc(NC(=O)OC(C)(C)C)nc1. The third-order valence-corrected chi connectivity index (χ3v) is 6.94. The van der Waals surface area contributed by atoms with Gasteiger partial charge in [-0.05, 0) is 61.1 Å². The number of anilines is 1. The van der Waals surface area contributed by atoms with Gasteiger partial charge in [-0.15, -0.1) is 0 Å². The smallest absolute Gasteiger partial charge is 0.413 e. The van der Waals surface area contributed by atoms with E-state index in [1.807, 2.05) is 43.3 Å². The zero-order valence-corrected chi connectivity index (χ0v) is 26.1. The number of pyridine rings is 1. The predicted molar refractivity (Wildman–Crippen MR) is 169 cm³/mol. The number of benzene rings is 2. The van der Waals surface area contributed by atoms with Crippen molar-refractivity contribution in [2.45, 2.75) is 52.1 Å². The Labute approximate surface area is 263 Å². The Balaban J connectivity index is 1.31. The number of carbonyl (C=O) groups is 4. The number of nitrogens with one attached hydrogen (secondary N) is 2.